The quantitative estimate of drug-likeness (QED) is 0.604. The molecule has 0 bridgehead atoms. The first-order chi connectivity index (χ1) is 14.9. The Hall–Kier alpha value is -3.65. The second kappa shape index (κ2) is 9.90. The van der Waals surface area contributed by atoms with E-state index in [1.807, 2.05) is 77.1 Å². The lowest BCUT2D eigenvalue weighted by Gasteiger charge is -2.11. The highest BCUT2D eigenvalue weighted by molar-refractivity contribution is 5.65. The second-order valence-electron chi connectivity index (χ2n) is 7.56. The summed E-state index contributed by atoms with van der Waals surface area (Å²) in [5, 5.41) is 10.8. The summed E-state index contributed by atoms with van der Waals surface area (Å²) in [4.78, 5) is 8.95. The molecule has 0 fully saturated rings. The minimum atomic E-state index is 0.147. The topological polar surface area (TPSA) is 68.0 Å². The summed E-state index contributed by atoms with van der Waals surface area (Å²) in [5.74, 6) is 1.60. The molecule has 0 atom stereocenters. The molecule has 0 amide bonds. The number of ether oxygens (including phenoxy) is 2. The van der Waals surface area contributed by atoms with Crippen molar-refractivity contribution >= 4 is 11.8 Å². The van der Waals surface area contributed by atoms with Crippen LogP contribution in [0, 0.1) is 18.3 Å². The molecule has 3 rings (SSSR count). The number of hydrogen-bond donors (Lipinski definition) is 0. The van der Waals surface area contributed by atoms with Gasteiger partial charge in [0.2, 0.25) is 0 Å². The highest BCUT2D eigenvalue weighted by Crippen LogP contribution is 2.16. The molecule has 0 N–H and O–H groups in total. The molecule has 5 heteroatoms. The molecule has 5 nitrogen and oxygen atoms in total. The van der Waals surface area contributed by atoms with E-state index in [9.17, 15) is 0 Å². The molecule has 31 heavy (non-hydrogen) atoms. The standard InChI is InChI=1S/C26H27N3O2/c1-6-24-25(21-9-10-22(14-27)28-15-21)13-18(4)29-26(24)19(5)30-16-20-7-11-23(12-8-20)31-17(2)3/h6-13,15,17H,16H2,1-5H3/b24-6-,26-19-. The largest absolute Gasteiger partial charge is 0.491 e. The van der Waals surface area contributed by atoms with Crippen molar-refractivity contribution in [2.45, 2.75) is 47.3 Å². The average Bonchev–Trinajstić information content (AvgIpc) is 2.77. The van der Waals surface area contributed by atoms with Gasteiger partial charge in [-0.1, -0.05) is 18.2 Å². The maximum Gasteiger partial charge on any atom is 0.140 e. The van der Waals surface area contributed by atoms with Gasteiger partial charge in [0.25, 0.3) is 0 Å². The fourth-order valence-corrected chi connectivity index (χ4v) is 3.30. The fraction of sp³-hybridized carbons (Fsp3) is 0.269. The van der Waals surface area contributed by atoms with Crippen LogP contribution in [0.5, 0.6) is 5.75 Å². The zero-order valence-electron chi connectivity index (χ0n) is 18.6. The van der Waals surface area contributed by atoms with Gasteiger partial charge in [-0.3, -0.25) is 0 Å². The minimum Gasteiger partial charge on any atom is -0.491 e. The number of hydrogen-bond acceptors (Lipinski definition) is 5. The lowest BCUT2D eigenvalue weighted by Crippen LogP contribution is -2.33. The zero-order chi connectivity index (χ0) is 22.4. The molecule has 0 saturated heterocycles. The lowest BCUT2D eigenvalue weighted by molar-refractivity contribution is 0.241. The maximum atomic E-state index is 9.01. The highest BCUT2D eigenvalue weighted by atomic mass is 16.5. The lowest BCUT2D eigenvalue weighted by atomic mass is 10.0. The van der Waals surface area contributed by atoms with Gasteiger partial charge in [-0.15, -0.1) is 0 Å². The van der Waals surface area contributed by atoms with Gasteiger partial charge in [0.05, 0.1) is 6.10 Å². The van der Waals surface area contributed by atoms with Gasteiger partial charge in [-0.05, 0) is 76.1 Å². The molecule has 2 aromatic heterocycles. The Morgan fingerprint density at radius 2 is 1.90 bits per heavy atom. The van der Waals surface area contributed by atoms with Crippen LogP contribution in [0.2, 0.25) is 0 Å². The Morgan fingerprint density at radius 3 is 2.48 bits per heavy atom. The van der Waals surface area contributed by atoms with E-state index in [0.717, 1.165) is 44.5 Å². The van der Waals surface area contributed by atoms with Crippen LogP contribution in [0.4, 0.5) is 0 Å². The minimum absolute atomic E-state index is 0.147. The van der Waals surface area contributed by atoms with Crippen molar-refractivity contribution in [2.75, 3.05) is 0 Å². The van der Waals surface area contributed by atoms with Crippen LogP contribution in [0.25, 0.3) is 23.0 Å². The molecule has 0 radical (unpaired) electrons. The van der Waals surface area contributed by atoms with Crippen LogP contribution in [0.3, 0.4) is 0 Å². The van der Waals surface area contributed by atoms with E-state index in [2.05, 4.69) is 11.1 Å². The monoisotopic (exact) mass is 413 g/mol. The summed E-state index contributed by atoms with van der Waals surface area (Å²) in [5.41, 5.74) is 4.29. The molecule has 0 spiro atoms. The van der Waals surface area contributed by atoms with Crippen LogP contribution in [0.1, 0.15) is 44.6 Å². The second-order valence-corrected chi connectivity index (χ2v) is 7.56. The summed E-state index contributed by atoms with van der Waals surface area (Å²) >= 11 is 0. The third kappa shape index (κ3) is 5.49. The Kier molecular flexibility index (Phi) is 7.04. The predicted octanol–water partition coefficient (Wildman–Crippen LogP) is 4.26. The summed E-state index contributed by atoms with van der Waals surface area (Å²) < 4.78 is 11.8. The van der Waals surface area contributed by atoms with Crippen molar-refractivity contribution in [2.24, 2.45) is 0 Å². The van der Waals surface area contributed by atoms with Gasteiger partial charge in [-0.25, -0.2) is 9.97 Å². The van der Waals surface area contributed by atoms with Crippen LogP contribution in [0.15, 0.2) is 48.7 Å². The first-order valence-corrected chi connectivity index (χ1v) is 10.3. The number of aryl methyl sites for hydroxylation is 1. The van der Waals surface area contributed by atoms with Crippen molar-refractivity contribution in [1.82, 2.24) is 9.97 Å². The average molecular weight is 414 g/mol. The van der Waals surface area contributed by atoms with Crippen LogP contribution in [-0.2, 0) is 11.3 Å². The summed E-state index contributed by atoms with van der Waals surface area (Å²) in [6.07, 6.45) is 3.90. The number of nitrogens with zero attached hydrogens (tertiary/aromatic N) is 3. The van der Waals surface area contributed by atoms with Crippen molar-refractivity contribution in [3.8, 4) is 22.9 Å². The van der Waals surface area contributed by atoms with Crippen LogP contribution in [-0.4, -0.2) is 16.1 Å². The molecule has 0 aliphatic carbocycles. The van der Waals surface area contributed by atoms with Crippen LogP contribution >= 0.6 is 0 Å². The number of aromatic nitrogens is 2. The molecule has 2 heterocycles. The Balaban J connectivity index is 1.93. The van der Waals surface area contributed by atoms with E-state index in [-0.39, 0.29) is 6.10 Å². The van der Waals surface area contributed by atoms with Gasteiger partial charge in [0, 0.05) is 22.7 Å². The Labute approximate surface area is 183 Å². The van der Waals surface area contributed by atoms with Gasteiger partial charge >= 0.3 is 0 Å². The van der Waals surface area contributed by atoms with E-state index in [0.29, 0.717) is 12.3 Å². The Morgan fingerprint density at radius 1 is 1.16 bits per heavy atom. The van der Waals surface area contributed by atoms with Gasteiger partial charge in [0.15, 0.2) is 0 Å². The number of pyridine rings is 2. The first kappa shape index (κ1) is 22.0. The molecule has 0 saturated carbocycles. The summed E-state index contributed by atoms with van der Waals surface area (Å²) in [7, 11) is 0. The fourth-order valence-electron chi connectivity index (χ4n) is 3.30. The van der Waals surface area contributed by atoms with E-state index in [4.69, 9.17) is 19.7 Å². The van der Waals surface area contributed by atoms with E-state index < -0.39 is 0 Å². The molecule has 3 aromatic rings. The molecular formula is C26H27N3O2. The van der Waals surface area contributed by atoms with Crippen molar-refractivity contribution in [1.29, 1.82) is 5.26 Å². The van der Waals surface area contributed by atoms with Crippen molar-refractivity contribution in [3.63, 3.8) is 0 Å². The molecule has 0 unspecified atom stereocenters. The third-order valence-corrected chi connectivity index (χ3v) is 4.75. The van der Waals surface area contributed by atoms with Crippen molar-refractivity contribution < 1.29 is 9.47 Å². The SMILES string of the molecule is C/C=c1/c(-c2ccc(C#N)nc2)cc(C)n/c1=C(/C)OCc1ccc(OC(C)C)cc1. The summed E-state index contributed by atoms with van der Waals surface area (Å²) in [6.45, 7) is 10.3. The van der Waals surface area contributed by atoms with Gasteiger partial charge < -0.3 is 9.47 Å². The molecule has 158 valence electrons. The third-order valence-electron chi connectivity index (χ3n) is 4.75. The van der Waals surface area contributed by atoms with E-state index in [1.165, 1.54) is 0 Å². The van der Waals surface area contributed by atoms with E-state index >= 15 is 0 Å². The number of nitriles is 1. The van der Waals surface area contributed by atoms with E-state index in [1.54, 1.807) is 12.3 Å². The molecule has 0 aliphatic rings. The zero-order valence-corrected chi connectivity index (χ0v) is 18.6. The van der Waals surface area contributed by atoms with Gasteiger partial charge in [-0.2, -0.15) is 5.26 Å². The summed E-state index contributed by atoms with van der Waals surface area (Å²) in [6, 6.07) is 15.7. The van der Waals surface area contributed by atoms with Crippen molar-refractivity contribution in [3.05, 3.63) is 76.2 Å². The Bertz CT molecular complexity index is 1210. The van der Waals surface area contributed by atoms with Crippen LogP contribution < -0.4 is 15.3 Å². The number of rotatable bonds is 6. The molecule has 1 aromatic carbocycles. The maximum absolute atomic E-state index is 9.01. The highest BCUT2D eigenvalue weighted by Gasteiger charge is 2.07. The molecular weight excluding hydrogens is 386 g/mol. The number of benzene rings is 1. The van der Waals surface area contributed by atoms with Gasteiger partial charge in [0.1, 0.15) is 35.2 Å². The predicted molar refractivity (Wildman–Crippen MR) is 122 cm³/mol. The smallest absolute Gasteiger partial charge is 0.140 e. The normalized spacial score (nSPS) is 12.5. The molecule has 0 aliphatic heterocycles. The first-order valence-electron chi connectivity index (χ1n) is 10.3.